The SMILES string of the molecule is COc1ccc(CCNc2ccc3nnc(CCNC(=O)c4cccc(C)c4)n3n2)cc1OC. The zero-order chi connectivity index (χ0) is 23.9. The van der Waals surface area contributed by atoms with Crippen molar-refractivity contribution in [2.75, 3.05) is 32.6 Å². The van der Waals surface area contributed by atoms with Crippen molar-refractivity contribution in [2.24, 2.45) is 0 Å². The summed E-state index contributed by atoms with van der Waals surface area (Å²) in [5, 5.41) is 19.3. The summed E-state index contributed by atoms with van der Waals surface area (Å²) >= 11 is 0. The lowest BCUT2D eigenvalue weighted by atomic mass is 10.1. The zero-order valence-corrected chi connectivity index (χ0v) is 19.5. The molecule has 0 saturated carbocycles. The largest absolute Gasteiger partial charge is 0.493 e. The van der Waals surface area contributed by atoms with Crippen molar-refractivity contribution in [3.63, 3.8) is 0 Å². The van der Waals surface area contributed by atoms with Crippen molar-refractivity contribution in [3.05, 3.63) is 77.1 Å². The highest BCUT2D eigenvalue weighted by Crippen LogP contribution is 2.27. The van der Waals surface area contributed by atoms with E-state index in [0.717, 1.165) is 23.4 Å². The maximum atomic E-state index is 12.4. The number of rotatable bonds is 10. The van der Waals surface area contributed by atoms with E-state index in [-0.39, 0.29) is 5.91 Å². The van der Waals surface area contributed by atoms with Crippen molar-refractivity contribution < 1.29 is 14.3 Å². The van der Waals surface area contributed by atoms with Gasteiger partial charge in [-0.15, -0.1) is 15.3 Å². The summed E-state index contributed by atoms with van der Waals surface area (Å²) in [7, 11) is 3.25. The van der Waals surface area contributed by atoms with Crippen LogP contribution in [0.25, 0.3) is 5.65 Å². The summed E-state index contributed by atoms with van der Waals surface area (Å²) in [5.74, 6) is 2.72. The van der Waals surface area contributed by atoms with Gasteiger partial charge >= 0.3 is 0 Å². The monoisotopic (exact) mass is 460 g/mol. The molecule has 176 valence electrons. The molecule has 2 N–H and O–H groups in total. The van der Waals surface area contributed by atoms with Gasteiger partial charge in [-0.25, -0.2) is 0 Å². The molecule has 9 nitrogen and oxygen atoms in total. The molecule has 0 radical (unpaired) electrons. The number of carbonyl (C=O) groups excluding carboxylic acids is 1. The van der Waals surface area contributed by atoms with Crippen molar-refractivity contribution in [2.45, 2.75) is 19.8 Å². The van der Waals surface area contributed by atoms with E-state index in [2.05, 4.69) is 25.9 Å². The van der Waals surface area contributed by atoms with E-state index in [1.807, 2.05) is 55.5 Å². The summed E-state index contributed by atoms with van der Waals surface area (Å²) in [4.78, 5) is 12.4. The second-order valence-electron chi connectivity index (χ2n) is 7.85. The standard InChI is InChI=1S/C25H28N6O3/c1-17-5-4-6-19(15-17)25(32)27-14-12-24-29-28-23-10-9-22(30-31(23)24)26-13-11-18-7-8-20(33-2)21(16-18)34-3/h4-10,15-16H,11-14H2,1-3H3,(H,26,30)(H,27,32). The zero-order valence-electron chi connectivity index (χ0n) is 19.5. The second-order valence-corrected chi connectivity index (χ2v) is 7.85. The number of carbonyl (C=O) groups is 1. The number of methoxy groups -OCH3 is 2. The quantitative estimate of drug-likeness (QED) is 0.375. The van der Waals surface area contributed by atoms with Crippen molar-refractivity contribution in [1.82, 2.24) is 25.1 Å². The Balaban J connectivity index is 1.34. The van der Waals surface area contributed by atoms with Crippen LogP contribution in [0.3, 0.4) is 0 Å². The van der Waals surface area contributed by atoms with Gasteiger partial charge in [-0.3, -0.25) is 4.79 Å². The van der Waals surface area contributed by atoms with E-state index in [1.165, 1.54) is 0 Å². The first-order valence-corrected chi connectivity index (χ1v) is 11.1. The summed E-state index contributed by atoms with van der Waals surface area (Å²) in [5.41, 5.74) is 3.47. The Kier molecular flexibility index (Phi) is 7.22. The van der Waals surface area contributed by atoms with Crippen LogP contribution in [-0.2, 0) is 12.8 Å². The third kappa shape index (κ3) is 5.43. The minimum Gasteiger partial charge on any atom is -0.493 e. The van der Waals surface area contributed by atoms with Crippen molar-refractivity contribution >= 4 is 17.4 Å². The lowest BCUT2D eigenvalue weighted by molar-refractivity contribution is 0.0954. The van der Waals surface area contributed by atoms with Gasteiger partial charge in [0.25, 0.3) is 5.91 Å². The number of anilines is 1. The number of hydrogen-bond acceptors (Lipinski definition) is 7. The predicted molar refractivity (Wildman–Crippen MR) is 130 cm³/mol. The van der Waals surface area contributed by atoms with Crippen molar-refractivity contribution in [3.8, 4) is 11.5 Å². The smallest absolute Gasteiger partial charge is 0.251 e. The Labute approximate surface area is 198 Å². The molecule has 0 unspecified atom stereocenters. The van der Waals surface area contributed by atoms with E-state index in [0.29, 0.717) is 48.0 Å². The van der Waals surface area contributed by atoms with Gasteiger partial charge in [0.05, 0.1) is 14.2 Å². The van der Waals surface area contributed by atoms with E-state index in [1.54, 1.807) is 24.8 Å². The fourth-order valence-electron chi connectivity index (χ4n) is 3.63. The molecular formula is C25H28N6O3. The molecule has 0 fully saturated rings. The van der Waals surface area contributed by atoms with Gasteiger partial charge in [-0.1, -0.05) is 23.8 Å². The molecule has 0 spiro atoms. The number of fused-ring (bicyclic) bond motifs is 1. The van der Waals surface area contributed by atoms with E-state index in [4.69, 9.17) is 9.47 Å². The first-order chi connectivity index (χ1) is 16.6. The molecule has 4 rings (SSSR count). The van der Waals surface area contributed by atoms with Gasteiger partial charge in [0.2, 0.25) is 0 Å². The summed E-state index contributed by atoms with van der Waals surface area (Å²) in [6.07, 6.45) is 1.31. The van der Waals surface area contributed by atoms with Crippen LogP contribution in [-0.4, -0.2) is 53.0 Å². The number of ether oxygens (including phenoxy) is 2. The molecule has 2 aromatic carbocycles. The number of nitrogens with zero attached hydrogens (tertiary/aromatic N) is 4. The summed E-state index contributed by atoms with van der Waals surface area (Å²) < 4.78 is 12.4. The van der Waals surface area contributed by atoms with Crippen LogP contribution in [0.15, 0.2) is 54.6 Å². The molecule has 2 aromatic heterocycles. The molecule has 9 heteroatoms. The van der Waals surface area contributed by atoms with Crippen molar-refractivity contribution in [1.29, 1.82) is 0 Å². The van der Waals surface area contributed by atoms with Gasteiger partial charge in [-0.2, -0.15) is 4.52 Å². The number of hydrogen-bond donors (Lipinski definition) is 2. The molecule has 2 heterocycles. The molecule has 0 aliphatic heterocycles. The van der Waals surface area contributed by atoms with Gasteiger partial charge in [0.1, 0.15) is 5.82 Å². The third-order valence-electron chi connectivity index (χ3n) is 5.41. The van der Waals surface area contributed by atoms with Crippen LogP contribution in [0.5, 0.6) is 11.5 Å². The predicted octanol–water partition coefficient (Wildman–Crippen LogP) is 3.08. The van der Waals surface area contributed by atoms with Crippen LogP contribution in [0.4, 0.5) is 5.82 Å². The molecule has 0 aliphatic carbocycles. The van der Waals surface area contributed by atoms with E-state index < -0.39 is 0 Å². The van der Waals surface area contributed by atoms with E-state index >= 15 is 0 Å². The molecular weight excluding hydrogens is 432 g/mol. The molecule has 4 aromatic rings. The fraction of sp³-hybridized carbons (Fsp3) is 0.280. The maximum absolute atomic E-state index is 12.4. The highest BCUT2D eigenvalue weighted by Gasteiger charge is 2.10. The summed E-state index contributed by atoms with van der Waals surface area (Å²) in [6.45, 7) is 3.09. The Morgan fingerprint density at radius 2 is 1.79 bits per heavy atom. The normalized spacial score (nSPS) is 10.8. The topological polar surface area (TPSA) is 103 Å². The number of amides is 1. The van der Waals surface area contributed by atoms with E-state index in [9.17, 15) is 4.79 Å². The van der Waals surface area contributed by atoms with Crippen LogP contribution < -0.4 is 20.1 Å². The molecule has 0 atom stereocenters. The average molecular weight is 461 g/mol. The molecule has 1 amide bonds. The Hall–Kier alpha value is -4.14. The second kappa shape index (κ2) is 10.7. The lowest BCUT2D eigenvalue weighted by Gasteiger charge is -2.10. The number of aryl methyl sites for hydroxylation is 1. The van der Waals surface area contributed by atoms with Crippen LogP contribution >= 0.6 is 0 Å². The number of benzene rings is 2. The van der Waals surface area contributed by atoms with Gasteiger partial charge in [0, 0.05) is 25.1 Å². The number of aromatic nitrogens is 4. The summed E-state index contributed by atoms with van der Waals surface area (Å²) in [6, 6.07) is 17.1. The average Bonchev–Trinajstić information content (AvgIpc) is 3.26. The minimum absolute atomic E-state index is 0.108. The fourth-order valence-corrected chi connectivity index (χ4v) is 3.63. The Morgan fingerprint density at radius 3 is 2.59 bits per heavy atom. The maximum Gasteiger partial charge on any atom is 0.251 e. The highest BCUT2D eigenvalue weighted by atomic mass is 16.5. The first-order valence-electron chi connectivity index (χ1n) is 11.1. The van der Waals surface area contributed by atoms with Crippen LogP contribution in [0, 0.1) is 6.92 Å². The third-order valence-corrected chi connectivity index (χ3v) is 5.41. The van der Waals surface area contributed by atoms with Gasteiger partial charge in [-0.05, 0) is 55.3 Å². The van der Waals surface area contributed by atoms with Crippen LogP contribution in [0.1, 0.15) is 27.3 Å². The molecule has 0 bridgehead atoms. The van der Waals surface area contributed by atoms with Gasteiger partial charge in [0.15, 0.2) is 23.0 Å². The lowest BCUT2D eigenvalue weighted by Crippen LogP contribution is -2.26. The minimum atomic E-state index is -0.108. The number of nitrogens with one attached hydrogen (secondary N) is 2. The molecule has 34 heavy (non-hydrogen) atoms. The Morgan fingerprint density at radius 1 is 0.941 bits per heavy atom. The highest BCUT2D eigenvalue weighted by molar-refractivity contribution is 5.94. The van der Waals surface area contributed by atoms with Crippen LogP contribution in [0.2, 0.25) is 0 Å². The Bertz CT molecular complexity index is 1290. The molecule has 0 aliphatic rings. The molecule has 0 saturated heterocycles. The first kappa shape index (κ1) is 23.0. The van der Waals surface area contributed by atoms with Gasteiger partial charge < -0.3 is 20.1 Å².